The molecule has 2 aromatic carbocycles. The molecule has 0 spiro atoms. The summed E-state index contributed by atoms with van der Waals surface area (Å²) in [7, 11) is 1.66. The van der Waals surface area contributed by atoms with Gasteiger partial charge in [-0.3, -0.25) is 4.99 Å². The third kappa shape index (κ3) is 5.47. The average Bonchev–Trinajstić information content (AvgIpc) is 2.72. The van der Waals surface area contributed by atoms with Gasteiger partial charge < -0.3 is 19.1 Å². The Labute approximate surface area is 161 Å². The van der Waals surface area contributed by atoms with Crippen LogP contribution in [0.2, 0.25) is 0 Å². The van der Waals surface area contributed by atoms with E-state index < -0.39 is 0 Å². The van der Waals surface area contributed by atoms with E-state index in [1.807, 2.05) is 36.5 Å². The first kappa shape index (κ1) is 19.2. The monoisotopic (exact) mass is 368 g/mol. The summed E-state index contributed by atoms with van der Waals surface area (Å²) in [6, 6.07) is 14.2. The van der Waals surface area contributed by atoms with Gasteiger partial charge in [0.25, 0.3) is 0 Å². The second kappa shape index (κ2) is 9.42. The quantitative estimate of drug-likeness (QED) is 0.683. The predicted octanol–water partition coefficient (Wildman–Crippen LogP) is 4.32. The number of morpholine rings is 1. The van der Waals surface area contributed by atoms with E-state index in [-0.39, 0.29) is 0 Å². The molecule has 1 aliphatic heterocycles. The smallest absolute Gasteiger partial charge is 0.161 e. The van der Waals surface area contributed by atoms with Gasteiger partial charge in [-0.05, 0) is 53.9 Å². The van der Waals surface area contributed by atoms with Crippen LogP contribution in [-0.4, -0.2) is 46.2 Å². The molecule has 0 N–H and O–H groups in total. The number of ether oxygens (including phenoxy) is 3. The van der Waals surface area contributed by atoms with Crippen LogP contribution >= 0.6 is 0 Å². The van der Waals surface area contributed by atoms with E-state index in [0.717, 1.165) is 49.1 Å². The lowest BCUT2D eigenvalue weighted by Gasteiger charge is -2.28. The summed E-state index contributed by atoms with van der Waals surface area (Å²) in [4.78, 5) is 6.91. The maximum atomic E-state index is 5.79. The zero-order valence-electron chi connectivity index (χ0n) is 16.4. The molecule has 0 aliphatic carbocycles. The number of benzene rings is 2. The van der Waals surface area contributed by atoms with Crippen molar-refractivity contribution in [2.24, 2.45) is 10.9 Å². The third-order valence-corrected chi connectivity index (χ3v) is 4.35. The molecule has 5 heteroatoms. The Morgan fingerprint density at radius 1 is 1.07 bits per heavy atom. The van der Waals surface area contributed by atoms with Crippen molar-refractivity contribution in [3.8, 4) is 11.5 Å². The lowest BCUT2D eigenvalue weighted by atomic mass is 10.2. The normalized spacial score (nSPS) is 14.7. The standard InChI is InChI=1S/C22H28N2O3/c1-17(2)16-27-21-9-4-18(14-22(21)25-3)15-23-19-5-7-20(8-6-19)24-10-12-26-13-11-24/h4-9,14-15,17H,10-13,16H2,1-3H3. The van der Waals surface area contributed by atoms with Gasteiger partial charge in [0.2, 0.25) is 0 Å². The molecule has 0 radical (unpaired) electrons. The van der Waals surface area contributed by atoms with Crippen molar-refractivity contribution in [2.45, 2.75) is 13.8 Å². The average molecular weight is 368 g/mol. The van der Waals surface area contributed by atoms with Crippen molar-refractivity contribution in [2.75, 3.05) is 44.9 Å². The molecule has 1 heterocycles. The first-order valence-corrected chi connectivity index (χ1v) is 9.43. The van der Waals surface area contributed by atoms with Crippen molar-refractivity contribution in [3.05, 3.63) is 48.0 Å². The summed E-state index contributed by atoms with van der Waals surface area (Å²) in [6.45, 7) is 8.37. The van der Waals surface area contributed by atoms with Crippen LogP contribution in [-0.2, 0) is 4.74 Å². The van der Waals surface area contributed by atoms with Gasteiger partial charge in [0.05, 0.1) is 32.6 Å². The van der Waals surface area contributed by atoms with Crippen molar-refractivity contribution >= 4 is 17.6 Å². The number of hydrogen-bond acceptors (Lipinski definition) is 5. The molecule has 144 valence electrons. The van der Waals surface area contributed by atoms with Gasteiger partial charge in [0.1, 0.15) is 0 Å². The summed E-state index contributed by atoms with van der Waals surface area (Å²) in [6.07, 6.45) is 1.85. The lowest BCUT2D eigenvalue weighted by molar-refractivity contribution is 0.122. The SMILES string of the molecule is COc1cc(C=Nc2ccc(N3CCOCC3)cc2)ccc1OCC(C)C. The van der Waals surface area contributed by atoms with Gasteiger partial charge in [-0.15, -0.1) is 0 Å². The number of aliphatic imine (C=N–C) groups is 1. The van der Waals surface area contributed by atoms with E-state index in [1.165, 1.54) is 5.69 Å². The molecule has 0 atom stereocenters. The molecule has 0 amide bonds. The first-order valence-electron chi connectivity index (χ1n) is 9.43. The Balaban J connectivity index is 1.66. The van der Waals surface area contributed by atoms with Crippen LogP contribution < -0.4 is 14.4 Å². The zero-order chi connectivity index (χ0) is 19.1. The van der Waals surface area contributed by atoms with Crippen LogP contribution in [0.5, 0.6) is 11.5 Å². The molecule has 2 aromatic rings. The van der Waals surface area contributed by atoms with E-state index in [1.54, 1.807) is 7.11 Å². The van der Waals surface area contributed by atoms with E-state index in [0.29, 0.717) is 12.5 Å². The largest absolute Gasteiger partial charge is 0.493 e. The molecule has 1 fully saturated rings. The molecular weight excluding hydrogens is 340 g/mol. The fourth-order valence-electron chi connectivity index (χ4n) is 2.86. The van der Waals surface area contributed by atoms with Crippen molar-refractivity contribution in [1.82, 2.24) is 0 Å². The minimum atomic E-state index is 0.469. The maximum Gasteiger partial charge on any atom is 0.161 e. The highest BCUT2D eigenvalue weighted by atomic mass is 16.5. The summed E-state index contributed by atoms with van der Waals surface area (Å²) in [5.41, 5.74) is 3.11. The third-order valence-electron chi connectivity index (χ3n) is 4.35. The van der Waals surface area contributed by atoms with Crippen molar-refractivity contribution < 1.29 is 14.2 Å². The molecule has 0 unspecified atom stereocenters. The topological polar surface area (TPSA) is 43.3 Å². The predicted molar refractivity (Wildman–Crippen MR) is 110 cm³/mol. The van der Waals surface area contributed by atoms with Crippen molar-refractivity contribution in [3.63, 3.8) is 0 Å². The molecule has 1 saturated heterocycles. The van der Waals surface area contributed by atoms with E-state index in [2.05, 4.69) is 35.9 Å². The van der Waals surface area contributed by atoms with E-state index in [9.17, 15) is 0 Å². The van der Waals surface area contributed by atoms with Gasteiger partial charge in [0.15, 0.2) is 11.5 Å². The first-order chi connectivity index (χ1) is 13.2. The number of methoxy groups -OCH3 is 1. The maximum absolute atomic E-state index is 5.79. The highest BCUT2D eigenvalue weighted by Gasteiger charge is 2.10. The Morgan fingerprint density at radius 3 is 2.48 bits per heavy atom. The highest BCUT2D eigenvalue weighted by Crippen LogP contribution is 2.28. The number of anilines is 1. The Morgan fingerprint density at radius 2 is 1.81 bits per heavy atom. The zero-order valence-corrected chi connectivity index (χ0v) is 16.4. The van der Waals surface area contributed by atoms with Crippen LogP contribution in [0.1, 0.15) is 19.4 Å². The highest BCUT2D eigenvalue weighted by molar-refractivity contribution is 5.83. The fourth-order valence-corrected chi connectivity index (χ4v) is 2.86. The van der Waals surface area contributed by atoms with Crippen LogP contribution in [0, 0.1) is 5.92 Å². The summed E-state index contributed by atoms with van der Waals surface area (Å²) in [5.74, 6) is 1.96. The van der Waals surface area contributed by atoms with Gasteiger partial charge in [-0.25, -0.2) is 0 Å². The molecule has 0 aromatic heterocycles. The number of nitrogens with zero attached hydrogens (tertiary/aromatic N) is 2. The number of hydrogen-bond donors (Lipinski definition) is 0. The van der Waals surface area contributed by atoms with Crippen LogP contribution in [0.3, 0.4) is 0 Å². The minimum absolute atomic E-state index is 0.469. The molecule has 0 bridgehead atoms. The summed E-state index contributed by atoms with van der Waals surface area (Å²) >= 11 is 0. The Kier molecular flexibility index (Phi) is 6.71. The second-order valence-electron chi connectivity index (χ2n) is 6.99. The summed E-state index contributed by atoms with van der Waals surface area (Å²) in [5, 5.41) is 0. The van der Waals surface area contributed by atoms with Gasteiger partial charge >= 0.3 is 0 Å². The molecule has 3 rings (SSSR count). The van der Waals surface area contributed by atoms with Crippen LogP contribution in [0.25, 0.3) is 0 Å². The second-order valence-corrected chi connectivity index (χ2v) is 6.99. The molecule has 1 aliphatic rings. The van der Waals surface area contributed by atoms with E-state index >= 15 is 0 Å². The van der Waals surface area contributed by atoms with Crippen LogP contribution in [0.15, 0.2) is 47.5 Å². The van der Waals surface area contributed by atoms with Gasteiger partial charge in [-0.2, -0.15) is 0 Å². The molecular formula is C22H28N2O3. The van der Waals surface area contributed by atoms with Gasteiger partial charge in [-0.1, -0.05) is 13.8 Å². The number of rotatable bonds is 7. The molecule has 0 saturated carbocycles. The minimum Gasteiger partial charge on any atom is -0.493 e. The molecule has 27 heavy (non-hydrogen) atoms. The summed E-state index contributed by atoms with van der Waals surface area (Å²) < 4.78 is 16.6. The lowest BCUT2D eigenvalue weighted by Crippen LogP contribution is -2.36. The van der Waals surface area contributed by atoms with Crippen LogP contribution in [0.4, 0.5) is 11.4 Å². The Bertz CT molecular complexity index is 751. The van der Waals surface area contributed by atoms with E-state index in [4.69, 9.17) is 14.2 Å². The molecule has 5 nitrogen and oxygen atoms in total. The fraction of sp³-hybridized carbons (Fsp3) is 0.409. The van der Waals surface area contributed by atoms with Gasteiger partial charge in [0, 0.05) is 25.0 Å². The Hall–Kier alpha value is -2.53. The van der Waals surface area contributed by atoms with Crippen molar-refractivity contribution in [1.29, 1.82) is 0 Å².